The number of fused-ring (bicyclic) bond motifs is 1. The molecule has 0 fully saturated rings. The van der Waals surface area contributed by atoms with E-state index in [0.717, 1.165) is 0 Å². The van der Waals surface area contributed by atoms with Gasteiger partial charge in [-0.05, 0) is 23.8 Å². The highest BCUT2D eigenvalue weighted by atomic mass is 35.5. The highest BCUT2D eigenvalue weighted by molar-refractivity contribution is 6.31. The molecule has 0 saturated carbocycles. The number of hydrogen-bond acceptors (Lipinski definition) is 2. The van der Waals surface area contributed by atoms with Crippen LogP contribution in [0.1, 0.15) is 29.5 Å². The van der Waals surface area contributed by atoms with Crippen molar-refractivity contribution < 1.29 is 26.7 Å². The van der Waals surface area contributed by atoms with Crippen LogP contribution in [0.15, 0.2) is 24.4 Å². The average Bonchev–Trinajstić information content (AvgIpc) is 2.56. The molecule has 1 atom stereocenters. The maximum atomic E-state index is 14.0. The van der Waals surface area contributed by atoms with Crippen LogP contribution in [0.2, 0.25) is 5.02 Å². The molecule has 1 aliphatic rings. The van der Waals surface area contributed by atoms with Gasteiger partial charge in [0.05, 0.1) is 16.3 Å². The van der Waals surface area contributed by atoms with Crippen LogP contribution < -0.4 is 5.32 Å². The number of hydrogen-bond donors (Lipinski definition) is 1. The Morgan fingerprint density at radius 3 is 2.70 bits per heavy atom. The number of benzene rings is 1. The van der Waals surface area contributed by atoms with Gasteiger partial charge in [-0.2, -0.15) is 17.6 Å². The third kappa shape index (κ3) is 3.83. The summed E-state index contributed by atoms with van der Waals surface area (Å²) in [6.45, 7) is 1.90. The summed E-state index contributed by atoms with van der Waals surface area (Å²) in [7, 11) is 0. The van der Waals surface area contributed by atoms with E-state index in [9.17, 15) is 26.7 Å². The number of nitrogens with one attached hydrogen (secondary N) is 1. The van der Waals surface area contributed by atoms with Gasteiger partial charge in [-0.25, -0.2) is 14.2 Å². The number of aromatic nitrogens is 1. The Morgan fingerprint density at radius 2 is 2.04 bits per heavy atom. The summed E-state index contributed by atoms with van der Waals surface area (Å²) < 4.78 is 66.1. The quantitative estimate of drug-likeness (QED) is 0.524. The Morgan fingerprint density at radius 1 is 1.33 bits per heavy atom. The smallest absolute Gasteiger partial charge is 0.320 e. The number of carbonyl (C=O) groups is 1. The first-order valence-corrected chi connectivity index (χ1v) is 8.21. The Bertz CT molecular complexity index is 903. The van der Waals surface area contributed by atoms with E-state index in [4.69, 9.17) is 11.6 Å². The number of rotatable bonds is 1. The van der Waals surface area contributed by atoms with Crippen molar-refractivity contribution in [1.82, 2.24) is 9.88 Å². The highest BCUT2D eigenvalue weighted by Crippen LogP contribution is 2.37. The molecular formula is C17H13ClF5N3O. The van der Waals surface area contributed by atoms with Crippen molar-refractivity contribution in [1.29, 1.82) is 0 Å². The maximum absolute atomic E-state index is 14.0. The van der Waals surface area contributed by atoms with Gasteiger partial charge >= 0.3 is 12.2 Å². The third-order valence-corrected chi connectivity index (χ3v) is 4.58. The van der Waals surface area contributed by atoms with Crippen LogP contribution >= 0.6 is 11.6 Å². The zero-order valence-electron chi connectivity index (χ0n) is 13.9. The molecule has 4 nitrogen and oxygen atoms in total. The molecule has 1 aliphatic heterocycles. The predicted octanol–water partition coefficient (Wildman–Crippen LogP) is 5.18. The summed E-state index contributed by atoms with van der Waals surface area (Å²) in [4.78, 5) is 17.3. The van der Waals surface area contributed by atoms with Crippen molar-refractivity contribution in [2.24, 2.45) is 0 Å². The van der Waals surface area contributed by atoms with E-state index in [-0.39, 0.29) is 25.1 Å². The highest BCUT2D eigenvalue weighted by Gasteiger charge is 2.35. The zero-order chi connectivity index (χ0) is 19.9. The first-order valence-electron chi connectivity index (χ1n) is 7.83. The normalized spacial score (nSPS) is 16.9. The summed E-state index contributed by atoms with van der Waals surface area (Å²) in [5, 5.41) is 1.48. The number of amides is 2. The lowest BCUT2D eigenvalue weighted by atomic mass is 9.93. The van der Waals surface area contributed by atoms with Crippen LogP contribution in [0.3, 0.4) is 0 Å². The fraction of sp³-hybridized carbons (Fsp3) is 0.294. The lowest BCUT2D eigenvalue weighted by Crippen LogP contribution is -2.40. The van der Waals surface area contributed by atoms with E-state index in [2.05, 4.69) is 10.3 Å². The number of pyridine rings is 1. The lowest BCUT2D eigenvalue weighted by molar-refractivity contribution is -0.137. The fourth-order valence-electron chi connectivity index (χ4n) is 3.04. The minimum Gasteiger partial charge on any atom is -0.320 e. The molecule has 3 rings (SSSR count). The molecule has 0 aliphatic carbocycles. The Kier molecular flexibility index (Phi) is 4.98. The van der Waals surface area contributed by atoms with Gasteiger partial charge in [0, 0.05) is 30.8 Å². The topological polar surface area (TPSA) is 45.2 Å². The van der Waals surface area contributed by atoms with Gasteiger partial charge in [-0.3, -0.25) is 0 Å². The molecule has 2 heterocycles. The largest absolute Gasteiger partial charge is 0.417 e. The van der Waals surface area contributed by atoms with Crippen molar-refractivity contribution in [3.63, 3.8) is 0 Å². The average molecular weight is 406 g/mol. The number of carbonyl (C=O) groups excluding carboxylic acids is 1. The van der Waals surface area contributed by atoms with Crippen LogP contribution in [0.4, 0.5) is 32.4 Å². The molecule has 2 amide bonds. The Labute approximate surface area is 155 Å². The molecule has 1 aromatic carbocycles. The molecular weight excluding hydrogens is 393 g/mol. The van der Waals surface area contributed by atoms with Crippen LogP contribution in [-0.4, -0.2) is 22.5 Å². The van der Waals surface area contributed by atoms with Crippen molar-refractivity contribution in [2.45, 2.75) is 25.6 Å². The van der Waals surface area contributed by atoms with Gasteiger partial charge in [-0.1, -0.05) is 18.5 Å². The second kappa shape index (κ2) is 6.95. The second-order valence-electron chi connectivity index (χ2n) is 6.20. The number of halogens is 6. The predicted molar refractivity (Wildman–Crippen MR) is 88.5 cm³/mol. The summed E-state index contributed by atoms with van der Waals surface area (Å²) in [5.74, 6) is -2.23. The first kappa shape index (κ1) is 19.3. The van der Waals surface area contributed by atoms with Crippen LogP contribution in [-0.2, 0) is 12.7 Å². The van der Waals surface area contributed by atoms with E-state index in [1.165, 1.54) is 11.1 Å². The summed E-state index contributed by atoms with van der Waals surface area (Å²) in [6, 6.07) is 1.78. The van der Waals surface area contributed by atoms with Crippen LogP contribution in [0.5, 0.6) is 0 Å². The SMILES string of the molecule is C[C@@H]1CN(C(=O)Nc2cc(Cl)c(C(F)(F)F)cc2F)Cc2ccnc(F)c21. The molecule has 0 unspecified atom stereocenters. The molecule has 1 N–H and O–H groups in total. The van der Waals surface area contributed by atoms with Gasteiger partial charge in [0.1, 0.15) is 5.82 Å². The molecule has 0 radical (unpaired) electrons. The number of nitrogens with zero attached hydrogens (tertiary/aromatic N) is 2. The van der Waals surface area contributed by atoms with E-state index in [1.54, 1.807) is 13.0 Å². The molecule has 0 saturated heterocycles. The maximum Gasteiger partial charge on any atom is 0.417 e. The summed E-state index contributed by atoms with van der Waals surface area (Å²) >= 11 is 5.56. The molecule has 144 valence electrons. The molecule has 27 heavy (non-hydrogen) atoms. The monoisotopic (exact) mass is 405 g/mol. The summed E-state index contributed by atoms with van der Waals surface area (Å²) in [5.41, 5.74) is -0.840. The van der Waals surface area contributed by atoms with Gasteiger partial charge < -0.3 is 10.2 Å². The van der Waals surface area contributed by atoms with Crippen molar-refractivity contribution in [3.8, 4) is 0 Å². The van der Waals surface area contributed by atoms with Crippen LogP contribution in [0, 0.1) is 11.8 Å². The zero-order valence-corrected chi connectivity index (χ0v) is 14.6. The van der Waals surface area contributed by atoms with Crippen molar-refractivity contribution in [3.05, 3.63) is 57.9 Å². The number of alkyl halides is 3. The van der Waals surface area contributed by atoms with Crippen LogP contribution in [0.25, 0.3) is 0 Å². The molecule has 0 bridgehead atoms. The molecule has 2 aromatic rings. The third-order valence-electron chi connectivity index (χ3n) is 4.27. The molecule has 1 aromatic heterocycles. The van der Waals surface area contributed by atoms with Crippen molar-refractivity contribution >= 4 is 23.3 Å². The van der Waals surface area contributed by atoms with Gasteiger partial charge in [0.2, 0.25) is 5.95 Å². The van der Waals surface area contributed by atoms with E-state index >= 15 is 0 Å². The Hall–Kier alpha value is -2.42. The molecule has 0 spiro atoms. The fourth-order valence-corrected chi connectivity index (χ4v) is 3.31. The van der Waals surface area contributed by atoms with E-state index in [1.807, 2.05) is 0 Å². The van der Waals surface area contributed by atoms with Gasteiger partial charge in [0.15, 0.2) is 0 Å². The van der Waals surface area contributed by atoms with E-state index in [0.29, 0.717) is 17.2 Å². The lowest BCUT2D eigenvalue weighted by Gasteiger charge is -2.33. The second-order valence-corrected chi connectivity index (χ2v) is 6.60. The molecule has 10 heteroatoms. The van der Waals surface area contributed by atoms with Crippen molar-refractivity contribution in [2.75, 3.05) is 11.9 Å². The van der Waals surface area contributed by atoms with Gasteiger partial charge in [0.25, 0.3) is 0 Å². The first-order chi connectivity index (χ1) is 12.6. The Balaban J connectivity index is 1.82. The minimum atomic E-state index is -4.81. The standard InChI is InChI=1S/C17H13ClF5N3O/c1-8-6-26(7-9-2-3-24-15(20)14(8)9)16(27)25-13-5-11(18)10(4-12(13)19)17(21,22)23/h2-5,8H,6-7H2,1H3,(H,25,27)/t8-/m1/s1. The summed E-state index contributed by atoms with van der Waals surface area (Å²) in [6.07, 6.45) is -3.54. The minimum absolute atomic E-state index is 0.0565. The number of anilines is 1. The van der Waals surface area contributed by atoms with E-state index < -0.39 is 40.2 Å². The number of urea groups is 1. The van der Waals surface area contributed by atoms with Gasteiger partial charge in [-0.15, -0.1) is 0 Å².